The van der Waals surface area contributed by atoms with Crippen LogP contribution < -0.4 is 0 Å². The van der Waals surface area contributed by atoms with Crippen LogP contribution in [0.1, 0.15) is 5.56 Å². The van der Waals surface area contributed by atoms with E-state index in [2.05, 4.69) is 4.36 Å². The molecule has 0 spiro atoms. The first-order chi connectivity index (χ1) is 6.22. The van der Waals surface area contributed by atoms with Gasteiger partial charge in [-0.25, -0.2) is 0 Å². The lowest BCUT2D eigenvalue weighted by Crippen LogP contribution is -1.88. The minimum atomic E-state index is -2.40. The van der Waals surface area contributed by atoms with Gasteiger partial charge in [0.1, 0.15) is 0 Å². The molecule has 1 rings (SSSR count). The number of hydrogen-bond acceptors (Lipinski definition) is 4. The van der Waals surface area contributed by atoms with Crippen LogP contribution in [-0.2, 0) is 16.9 Å². The van der Waals surface area contributed by atoms with Gasteiger partial charge < -0.3 is 5.11 Å². The maximum absolute atomic E-state index is 10.2. The van der Waals surface area contributed by atoms with E-state index in [1.54, 1.807) is 24.3 Å². The quantitative estimate of drug-likeness (QED) is 0.787. The minimum absolute atomic E-state index is 0.0873. The first-order valence-electron chi connectivity index (χ1n) is 3.73. The molecule has 1 N–H and O–H groups in total. The van der Waals surface area contributed by atoms with Gasteiger partial charge in [-0.2, -0.15) is 8.42 Å². The molecule has 1 aromatic rings. The summed E-state index contributed by atoms with van der Waals surface area (Å²) in [6.07, 6.45) is 0.570. The third-order valence-electron chi connectivity index (χ3n) is 1.52. The second-order valence-electron chi connectivity index (χ2n) is 2.45. The normalized spacial score (nSPS) is 9.62. The van der Waals surface area contributed by atoms with Gasteiger partial charge in [0.2, 0.25) is 0 Å². The number of benzene rings is 1. The molecule has 0 fully saturated rings. The number of aliphatic hydroxyl groups is 1. The SMILES string of the molecule is O=S(=O)=Nc1ccc(CCO)cc1. The largest absolute Gasteiger partial charge is 0.396 e. The van der Waals surface area contributed by atoms with Crippen molar-refractivity contribution < 1.29 is 13.5 Å². The van der Waals surface area contributed by atoms with E-state index in [9.17, 15) is 8.42 Å². The third kappa shape index (κ3) is 3.35. The maximum atomic E-state index is 10.2. The van der Waals surface area contributed by atoms with E-state index in [-0.39, 0.29) is 6.61 Å². The van der Waals surface area contributed by atoms with E-state index in [4.69, 9.17) is 5.11 Å². The maximum Gasteiger partial charge on any atom is 0.316 e. The predicted molar refractivity (Wildman–Crippen MR) is 48.2 cm³/mol. The number of nitrogens with zero attached hydrogens (tertiary/aromatic N) is 1. The molecule has 0 aliphatic carbocycles. The summed E-state index contributed by atoms with van der Waals surface area (Å²) in [5.74, 6) is 0. The molecule has 0 heterocycles. The molecular weight excluding hydrogens is 190 g/mol. The lowest BCUT2D eigenvalue weighted by atomic mass is 10.1. The van der Waals surface area contributed by atoms with E-state index < -0.39 is 10.5 Å². The second kappa shape index (κ2) is 4.74. The van der Waals surface area contributed by atoms with Crippen LogP contribution in [0.4, 0.5) is 5.69 Å². The molecule has 4 nitrogen and oxygen atoms in total. The third-order valence-corrected chi connectivity index (χ3v) is 1.88. The fraction of sp³-hybridized carbons (Fsp3) is 0.250. The Morgan fingerprint density at radius 2 is 1.85 bits per heavy atom. The summed E-state index contributed by atoms with van der Waals surface area (Å²) in [6, 6.07) is 6.67. The van der Waals surface area contributed by atoms with Crippen molar-refractivity contribution in [2.75, 3.05) is 6.61 Å². The number of aliphatic hydroxyl groups excluding tert-OH is 1. The molecule has 0 atom stereocenters. The van der Waals surface area contributed by atoms with Gasteiger partial charge >= 0.3 is 10.5 Å². The van der Waals surface area contributed by atoms with Gasteiger partial charge in [0, 0.05) is 6.61 Å². The molecule has 0 aliphatic heterocycles. The van der Waals surface area contributed by atoms with E-state index >= 15 is 0 Å². The Labute approximate surface area is 77.5 Å². The van der Waals surface area contributed by atoms with Crippen LogP contribution in [0, 0.1) is 0 Å². The van der Waals surface area contributed by atoms with Crippen molar-refractivity contribution >= 4 is 16.2 Å². The average molecular weight is 199 g/mol. The van der Waals surface area contributed by atoms with Crippen molar-refractivity contribution in [2.24, 2.45) is 4.36 Å². The highest BCUT2D eigenvalue weighted by atomic mass is 32.2. The molecule has 70 valence electrons. The molecule has 0 aromatic heterocycles. The first-order valence-corrected chi connectivity index (χ1v) is 4.76. The summed E-state index contributed by atoms with van der Waals surface area (Å²) in [5.41, 5.74) is 1.35. The van der Waals surface area contributed by atoms with Gasteiger partial charge in [-0.3, -0.25) is 0 Å². The van der Waals surface area contributed by atoms with Crippen LogP contribution in [0.3, 0.4) is 0 Å². The Balaban J connectivity index is 2.87. The zero-order valence-electron chi connectivity index (χ0n) is 6.84. The first kappa shape index (κ1) is 9.88. The predicted octanol–water partition coefficient (Wildman–Crippen LogP) is 0.916. The minimum Gasteiger partial charge on any atom is -0.396 e. The van der Waals surface area contributed by atoms with Crippen molar-refractivity contribution in [2.45, 2.75) is 6.42 Å². The van der Waals surface area contributed by atoms with Gasteiger partial charge in [0.05, 0.1) is 5.69 Å². The highest BCUT2D eigenvalue weighted by Gasteiger charge is 1.92. The molecule has 0 radical (unpaired) electrons. The molecule has 0 saturated heterocycles. The smallest absolute Gasteiger partial charge is 0.316 e. The highest BCUT2D eigenvalue weighted by Crippen LogP contribution is 2.12. The van der Waals surface area contributed by atoms with Crippen molar-refractivity contribution in [3.8, 4) is 0 Å². The summed E-state index contributed by atoms with van der Waals surface area (Å²) in [7, 11) is -2.40. The van der Waals surface area contributed by atoms with Crippen LogP contribution in [0.5, 0.6) is 0 Å². The summed E-state index contributed by atoms with van der Waals surface area (Å²) in [5, 5.41) is 8.61. The Kier molecular flexibility index (Phi) is 3.60. The van der Waals surface area contributed by atoms with Crippen LogP contribution in [0.2, 0.25) is 0 Å². The van der Waals surface area contributed by atoms with E-state index in [1.807, 2.05) is 0 Å². The van der Waals surface area contributed by atoms with E-state index in [1.165, 1.54) is 0 Å². The van der Waals surface area contributed by atoms with Gasteiger partial charge in [-0.15, -0.1) is 4.36 Å². The molecular formula is C8H9NO3S. The molecule has 0 aliphatic rings. The Bertz CT molecular complexity index is 386. The fourth-order valence-corrected chi connectivity index (χ4v) is 1.23. The molecule has 0 bridgehead atoms. The second-order valence-corrected chi connectivity index (χ2v) is 3.07. The Morgan fingerprint density at radius 3 is 2.31 bits per heavy atom. The van der Waals surface area contributed by atoms with Crippen molar-refractivity contribution in [3.63, 3.8) is 0 Å². The zero-order chi connectivity index (χ0) is 9.68. The molecule has 0 unspecified atom stereocenters. The van der Waals surface area contributed by atoms with Crippen molar-refractivity contribution in [1.82, 2.24) is 0 Å². The lowest BCUT2D eigenvalue weighted by Gasteiger charge is -1.96. The Hall–Kier alpha value is -1.20. The topological polar surface area (TPSA) is 66.7 Å². The zero-order valence-corrected chi connectivity index (χ0v) is 7.66. The van der Waals surface area contributed by atoms with Crippen molar-refractivity contribution in [3.05, 3.63) is 29.8 Å². The summed E-state index contributed by atoms with van der Waals surface area (Å²) in [6.45, 7) is 0.0873. The van der Waals surface area contributed by atoms with Crippen molar-refractivity contribution in [1.29, 1.82) is 0 Å². The lowest BCUT2D eigenvalue weighted by molar-refractivity contribution is 0.299. The molecule has 0 amide bonds. The highest BCUT2D eigenvalue weighted by molar-refractivity contribution is 7.61. The number of hydrogen-bond donors (Lipinski definition) is 1. The standard InChI is InChI=1S/C8H9NO3S/c10-6-5-7-1-3-8(4-2-7)9-13(11)12/h1-4,10H,5-6H2. The molecule has 1 aromatic carbocycles. The summed E-state index contributed by atoms with van der Waals surface area (Å²) < 4.78 is 23.7. The molecule has 13 heavy (non-hydrogen) atoms. The summed E-state index contributed by atoms with van der Waals surface area (Å²) >= 11 is 0. The van der Waals surface area contributed by atoms with E-state index in [0.29, 0.717) is 12.1 Å². The molecule has 5 heteroatoms. The van der Waals surface area contributed by atoms with Crippen LogP contribution in [0.25, 0.3) is 0 Å². The monoisotopic (exact) mass is 199 g/mol. The van der Waals surface area contributed by atoms with Gasteiger partial charge in [-0.05, 0) is 24.1 Å². The fourth-order valence-electron chi connectivity index (χ4n) is 0.939. The number of rotatable bonds is 3. The van der Waals surface area contributed by atoms with Crippen LogP contribution >= 0.6 is 0 Å². The average Bonchev–Trinajstić information content (AvgIpc) is 2.08. The van der Waals surface area contributed by atoms with Gasteiger partial charge in [0.15, 0.2) is 0 Å². The summed E-state index contributed by atoms with van der Waals surface area (Å²) in [4.78, 5) is 0. The van der Waals surface area contributed by atoms with Gasteiger partial charge in [0.25, 0.3) is 0 Å². The van der Waals surface area contributed by atoms with E-state index in [0.717, 1.165) is 5.56 Å². The van der Waals surface area contributed by atoms with Crippen LogP contribution in [0.15, 0.2) is 28.6 Å². The Morgan fingerprint density at radius 1 is 1.23 bits per heavy atom. The molecule has 0 saturated carbocycles. The van der Waals surface area contributed by atoms with Crippen LogP contribution in [-0.4, -0.2) is 20.1 Å². The van der Waals surface area contributed by atoms with Gasteiger partial charge in [-0.1, -0.05) is 12.1 Å².